The minimum atomic E-state index is -0.318. The first-order valence-electron chi connectivity index (χ1n) is 7.27. The van der Waals surface area contributed by atoms with Crippen LogP contribution in [-0.2, 0) is 9.53 Å². The van der Waals surface area contributed by atoms with Crippen LogP contribution in [0.1, 0.15) is 26.3 Å². The number of benzene rings is 1. The number of nitrogens with two attached hydrogens (primary N) is 1. The lowest BCUT2D eigenvalue weighted by Crippen LogP contribution is -2.43. The summed E-state index contributed by atoms with van der Waals surface area (Å²) < 4.78 is 4.55. The molecule has 1 heterocycles. The Bertz CT molecular complexity index is 449. The molecule has 3 N–H and O–H groups in total. The molecular formula is C16H27N3O2. The van der Waals surface area contributed by atoms with E-state index in [9.17, 15) is 4.79 Å². The lowest BCUT2D eigenvalue weighted by Gasteiger charge is -2.30. The first-order chi connectivity index (χ1) is 9.83. The van der Waals surface area contributed by atoms with Crippen LogP contribution in [0.2, 0.25) is 0 Å². The fourth-order valence-electron chi connectivity index (χ4n) is 2.02. The molecule has 1 saturated heterocycles. The molecule has 5 heteroatoms. The highest BCUT2D eigenvalue weighted by Gasteiger charge is 2.12. The quantitative estimate of drug-likeness (QED) is 0.644. The van der Waals surface area contributed by atoms with Crippen molar-refractivity contribution < 1.29 is 9.53 Å². The SMILES string of the molecule is CC(C)(C)OC=O.Cc1ccc(N)cc1N1CCNCC1. The average Bonchev–Trinajstić information content (AvgIpc) is 2.42. The molecule has 0 atom stereocenters. The van der Waals surface area contributed by atoms with Crippen LogP contribution in [0.25, 0.3) is 0 Å². The lowest BCUT2D eigenvalue weighted by molar-refractivity contribution is -0.138. The van der Waals surface area contributed by atoms with Crippen LogP contribution in [0.4, 0.5) is 11.4 Å². The zero-order valence-corrected chi connectivity index (χ0v) is 13.5. The molecule has 0 bridgehead atoms. The summed E-state index contributed by atoms with van der Waals surface area (Å²) >= 11 is 0. The predicted octanol–water partition coefficient (Wildman–Crippen LogP) is 1.94. The highest BCUT2D eigenvalue weighted by Crippen LogP contribution is 2.22. The molecule has 0 aliphatic carbocycles. The zero-order valence-electron chi connectivity index (χ0n) is 13.5. The van der Waals surface area contributed by atoms with Gasteiger partial charge in [0.15, 0.2) is 0 Å². The molecule has 1 aromatic carbocycles. The number of carbonyl (C=O) groups excluding carboxylic acids is 1. The molecule has 0 spiro atoms. The van der Waals surface area contributed by atoms with Gasteiger partial charge < -0.3 is 20.7 Å². The maximum Gasteiger partial charge on any atom is 0.293 e. The first kappa shape index (κ1) is 17.3. The molecule has 1 aliphatic heterocycles. The standard InChI is InChI=1S/C11H17N3.C5H10O2/c1-9-2-3-10(12)8-11(9)14-6-4-13-5-7-14;1-5(2,3)7-4-6/h2-3,8,13H,4-7,12H2,1H3;4H,1-3H3. The van der Waals surface area contributed by atoms with Crippen molar-refractivity contribution >= 4 is 17.8 Å². The summed E-state index contributed by atoms with van der Waals surface area (Å²) in [6, 6.07) is 6.12. The van der Waals surface area contributed by atoms with Crippen LogP contribution in [0, 0.1) is 6.92 Å². The van der Waals surface area contributed by atoms with Crippen molar-refractivity contribution in [3.8, 4) is 0 Å². The number of aryl methyl sites for hydroxylation is 1. The van der Waals surface area contributed by atoms with Crippen molar-refractivity contribution in [3.05, 3.63) is 23.8 Å². The maximum atomic E-state index is 9.60. The van der Waals surface area contributed by atoms with E-state index in [1.165, 1.54) is 11.3 Å². The molecule has 5 nitrogen and oxygen atoms in total. The number of hydrogen-bond donors (Lipinski definition) is 2. The molecule has 1 fully saturated rings. The van der Waals surface area contributed by atoms with Crippen LogP contribution in [-0.4, -0.2) is 38.3 Å². The Morgan fingerprint density at radius 2 is 1.90 bits per heavy atom. The van der Waals surface area contributed by atoms with Crippen LogP contribution in [0.15, 0.2) is 18.2 Å². The van der Waals surface area contributed by atoms with E-state index in [1.807, 2.05) is 26.8 Å². The van der Waals surface area contributed by atoms with E-state index < -0.39 is 0 Å². The number of nitrogen functional groups attached to an aromatic ring is 1. The van der Waals surface area contributed by atoms with Crippen LogP contribution in [0.5, 0.6) is 0 Å². The third kappa shape index (κ3) is 6.49. The molecule has 0 saturated carbocycles. The van der Waals surface area contributed by atoms with E-state index in [-0.39, 0.29) is 5.60 Å². The zero-order chi connectivity index (χ0) is 15.9. The van der Waals surface area contributed by atoms with E-state index in [1.54, 1.807) is 0 Å². The van der Waals surface area contributed by atoms with Crippen molar-refractivity contribution in [2.75, 3.05) is 36.8 Å². The number of nitrogens with zero attached hydrogens (tertiary/aromatic N) is 1. The largest absolute Gasteiger partial charge is 0.462 e. The fraction of sp³-hybridized carbons (Fsp3) is 0.562. The van der Waals surface area contributed by atoms with E-state index in [0.717, 1.165) is 31.9 Å². The first-order valence-corrected chi connectivity index (χ1v) is 7.27. The topological polar surface area (TPSA) is 67.6 Å². The van der Waals surface area contributed by atoms with Gasteiger partial charge in [0.2, 0.25) is 0 Å². The molecule has 0 radical (unpaired) electrons. The van der Waals surface area contributed by atoms with E-state index in [4.69, 9.17) is 5.73 Å². The highest BCUT2D eigenvalue weighted by atomic mass is 16.5. The predicted molar refractivity (Wildman–Crippen MR) is 87.6 cm³/mol. The van der Waals surface area contributed by atoms with Crippen LogP contribution >= 0.6 is 0 Å². The number of carbonyl (C=O) groups is 1. The van der Waals surface area contributed by atoms with E-state index in [2.05, 4.69) is 34.0 Å². The van der Waals surface area contributed by atoms with E-state index in [0.29, 0.717) is 6.47 Å². The van der Waals surface area contributed by atoms with Crippen LogP contribution < -0.4 is 16.0 Å². The molecule has 21 heavy (non-hydrogen) atoms. The summed E-state index contributed by atoms with van der Waals surface area (Å²) in [5.41, 5.74) is 8.92. The summed E-state index contributed by atoms with van der Waals surface area (Å²) in [5.74, 6) is 0. The summed E-state index contributed by atoms with van der Waals surface area (Å²) in [5, 5.41) is 3.35. The Kier molecular flexibility index (Phi) is 6.49. The molecular weight excluding hydrogens is 266 g/mol. The Morgan fingerprint density at radius 3 is 2.38 bits per heavy atom. The molecule has 0 amide bonds. The lowest BCUT2D eigenvalue weighted by atomic mass is 10.1. The summed E-state index contributed by atoms with van der Waals surface area (Å²) in [4.78, 5) is 12.0. The second kappa shape index (κ2) is 7.88. The van der Waals surface area contributed by atoms with Gasteiger partial charge in [-0.15, -0.1) is 0 Å². The van der Waals surface area contributed by atoms with Crippen molar-refractivity contribution in [2.45, 2.75) is 33.3 Å². The fourth-order valence-corrected chi connectivity index (χ4v) is 2.02. The smallest absolute Gasteiger partial charge is 0.293 e. The van der Waals surface area contributed by atoms with Crippen molar-refractivity contribution in [1.29, 1.82) is 0 Å². The normalized spacial score (nSPS) is 15.0. The minimum Gasteiger partial charge on any atom is -0.462 e. The number of rotatable bonds is 2. The van der Waals surface area contributed by atoms with Gasteiger partial charge in [-0.3, -0.25) is 4.79 Å². The summed E-state index contributed by atoms with van der Waals surface area (Å²) in [7, 11) is 0. The van der Waals surface area contributed by atoms with Gasteiger partial charge in [-0.1, -0.05) is 6.07 Å². The Morgan fingerprint density at radius 1 is 1.29 bits per heavy atom. The van der Waals surface area contributed by atoms with Gasteiger partial charge in [0, 0.05) is 37.6 Å². The Balaban J connectivity index is 0.000000270. The molecule has 2 rings (SSSR count). The Labute approximate surface area is 127 Å². The molecule has 0 unspecified atom stereocenters. The van der Waals surface area contributed by atoms with Crippen molar-refractivity contribution in [3.63, 3.8) is 0 Å². The number of ether oxygens (including phenoxy) is 1. The number of anilines is 2. The van der Waals surface area contributed by atoms with Crippen molar-refractivity contribution in [2.24, 2.45) is 0 Å². The number of hydrogen-bond acceptors (Lipinski definition) is 5. The monoisotopic (exact) mass is 293 g/mol. The second-order valence-corrected chi connectivity index (χ2v) is 6.11. The Hall–Kier alpha value is -1.75. The summed E-state index contributed by atoms with van der Waals surface area (Å²) in [6.07, 6.45) is 0. The molecule has 1 aliphatic rings. The van der Waals surface area contributed by atoms with Gasteiger partial charge in [0.25, 0.3) is 6.47 Å². The highest BCUT2D eigenvalue weighted by molar-refractivity contribution is 5.61. The van der Waals surface area contributed by atoms with Gasteiger partial charge in [-0.25, -0.2) is 0 Å². The summed E-state index contributed by atoms with van der Waals surface area (Å²) in [6.45, 7) is 12.3. The molecule has 1 aromatic rings. The molecule has 118 valence electrons. The van der Waals surface area contributed by atoms with Gasteiger partial charge in [0.05, 0.1) is 0 Å². The number of nitrogens with one attached hydrogen (secondary N) is 1. The number of piperazine rings is 1. The van der Waals surface area contributed by atoms with Gasteiger partial charge in [0.1, 0.15) is 5.60 Å². The minimum absolute atomic E-state index is 0.318. The van der Waals surface area contributed by atoms with Crippen molar-refractivity contribution in [1.82, 2.24) is 5.32 Å². The third-order valence-corrected chi connectivity index (χ3v) is 3.09. The van der Waals surface area contributed by atoms with Gasteiger partial charge >= 0.3 is 0 Å². The third-order valence-electron chi connectivity index (χ3n) is 3.09. The van der Waals surface area contributed by atoms with E-state index >= 15 is 0 Å². The second-order valence-electron chi connectivity index (χ2n) is 6.11. The average molecular weight is 293 g/mol. The maximum absolute atomic E-state index is 9.60. The van der Waals surface area contributed by atoms with Gasteiger partial charge in [-0.05, 0) is 45.4 Å². The van der Waals surface area contributed by atoms with Gasteiger partial charge in [-0.2, -0.15) is 0 Å². The molecule has 0 aromatic heterocycles. The van der Waals surface area contributed by atoms with Crippen LogP contribution in [0.3, 0.4) is 0 Å².